The molecule has 24 heavy (non-hydrogen) atoms. The van der Waals surface area contributed by atoms with Crippen molar-refractivity contribution >= 4 is 33.1 Å². The molecule has 116 valence electrons. The fourth-order valence-electron chi connectivity index (χ4n) is 2.94. The standard InChI is InChI=1S/C22H17NO/c1-15-7-9-21(10-8-15)23-22(24)20-13-18-11-16-5-3-2-4-6-17(16)12-19(18)14-20/h2-14H,1H3,(H,23,24). The number of benzene rings is 2. The summed E-state index contributed by atoms with van der Waals surface area (Å²) in [6, 6.07) is 26.2. The van der Waals surface area contributed by atoms with Gasteiger partial charge in [0, 0.05) is 11.3 Å². The Hall–Kier alpha value is -3.13. The highest BCUT2D eigenvalue weighted by molar-refractivity contribution is 6.10. The second kappa shape index (κ2) is 5.82. The minimum absolute atomic E-state index is 0.0790. The van der Waals surface area contributed by atoms with Gasteiger partial charge in [-0.25, -0.2) is 0 Å². The number of nitrogens with one attached hydrogen (secondary N) is 1. The minimum Gasteiger partial charge on any atom is -0.322 e. The van der Waals surface area contributed by atoms with E-state index >= 15 is 0 Å². The third kappa shape index (κ3) is 2.74. The maximum absolute atomic E-state index is 12.5. The predicted molar refractivity (Wildman–Crippen MR) is 101 cm³/mol. The van der Waals surface area contributed by atoms with Crippen LogP contribution in [0.2, 0.25) is 0 Å². The van der Waals surface area contributed by atoms with Gasteiger partial charge in [-0.15, -0.1) is 0 Å². The maximum Gasteiger partial charge on any atom is 0.255 e. The van der Waals surface area contributed by atoms with Gasteiger partial charge in [0.15, 0.2) is 0 Å². The number of anilines is 1. The Morgan fingerprint density at radius 1 is 0.708 bits per heavy atom. The lowest BCUT2D eigenvalue weighted by atomic mass is 10.1. The molecule has 0 fully saturated rings. The van der Waals surface area contributed by atoms with Crippen molar-refractivity contribution < 1.29 is 4.79 Å². The monoisotopic (exact) mass is 311 g/mol. The molecule has 0 atom stereocenters. The zero-order chi connectivity index (χ0) is 16.5. The highest BCUT2D eigenvalue weighted by Gasteiger charge is 2.10. The summed E-state index contributed by atoms with van der Waals surface area (Å²) in [6.07, 6.45) is 0. The van der Waals surface area contributed by atoms with Crippen LogP contribution in [0, 0.1) is 6.92 Å². The smallest absolute Gasteiger partial charge is 0.255 e. The lowest BCUT2D eigenvalue weighted by molar-refractivity contribution is 0.102. The molecule has 1 amide bonds. The summed E-state index contributed by atoms with van der Waals surface area (Å²) in [4.78, 5) is 12.5. The molecule has 2 nitrogen and oxygen atoms in total. The van der Waals surface area contributed by atoms with Crippen LogP contribution in [0.15, 0.2) is 78.9 Å². The summed E-state index contributed by atoms with van der Waals surface area (Å²) in [5, 5.41) is 7.47. The second-order valence-corrected chi connectivity index (χ2v) is 6.08. The van der Waals surface area contributed by atoms with E-state index in [9.17, 15) is 4.79 Å². The van der Waals surface area contributed by atoms with Crippen molar-refractivity contribution in [3.05, 3.63) is 90.0 Å². The number of carbonyl (C=O) groups excluding carboxylic acids is 1. The summed E-state index contributed by atoms with van der Waals surface area (Å²) in [7, 11) is 0. The van der Waals surface area contributed by atoms with E-state index in [4.69, 9.17) is 0 Å². The largest absolute Gasteiger partial charge is 0.322 e. The molecule has 0 unspecified atom stereocenters. The number of aryl methyl sites for hydroxylation is 1. The van der Waals surface area contributed by atoms with Crippen LogP contribution >= 0.6 is 0 Å². The number of fused-ring (bicyclic) bond motifs is 2. The molecular formula is C22H17NO. The molecule has 1 N–H and O–H groups in total. The molecule has 0 spiro atoms. The first-order chi connectivity index (χ1) is 11.7. The van der Waals surface area contributed by atoms with Crippen LogP contribution in [0.25, 0.3) is 21.5 Å². The number of hydrogen-bond donors (Lipinski definition) is 1. The molecule has 0 aliphatic heterocycles. The number of carbonyl (C=O) groups is 1. The van der Waals surface area contributed by atoms with Crippen LogP contribution in [0.4, 0.5) is 5.69 Å². The van der Waals surface area contributed by atoms with E-state index in [2.05, 4.69) is 29.6 Å². The van der Waals surface area contributed by atoms with Gasteiger partial charge in [-0.1, -0.05) is 48.0 Å². The number of hydrogen-bond acceptors (Lipinski definition) is 1. The molecule has 0 aliphatic rings. The zero-order valence-corrected chi connectivity index (χ0v) is 13.4. The topological polar surface area (TPSA) is 29.1 Å². The maximum atomic E-state index is 12.5. The van der Waals surface area contributed by atoms with Gasteiger partial charge in [-0.05, 0) is 64.9 Å². The average molecular weight is 311 g/mol. The van der Waals surface area contributed by atoms with E-state index in [0.29, 0.717) is 5.56 Å². The van der Waals surface area contributed by atoms with Crippen molar-refractivity contribution in [3.8, 4) is 0 Å². The van der Waals surface area contributed by atoms with Crippen molar-refractivity contribution in [1.82, 2.24) is 0 Å². The SMILES string of the molecule is Cc1ccc(NC(=O)c2cc3cc4cccccc4cc3c2)cc1. The van der Waals surface area contributed by atoms with Gasteiger partial charge in [0.2, 0.25) is 0 Å². The fourth-order valence-corrected chi connectivity index (χ4v) is 2.94. The van der Waals surface area contributed by atoms with Crippen molar-refractivity contribution in [1.29, 1.82) is 0 Å². The zero-order valence-electron chi connectivity index (χ0n) is 13.4. The molecule has 0 saturated carbocycles. The molecule has 0 aliphatic carbocycles. The Bertz CT molecular complexity index is 995. The summed E-state index contributed by atoms with van der Waals surface area (Å²) >= 11 is 0. The van der Waals surface area contributed by atoms with E-state index < -0.39 is 0 Å². The molecule has 4 aromatic carbocycles. The van der Waals surface area contributed by atoms with Crippen LogP contribution in [-0.4, -0.2) is 5.91 Å². The Morgan fingerprint density at radius 2 is 1.29 bits per heavy atom. The van der Waals surface area contributed by atoms with E-state index in [1.165, 1.54) is 16.3 Å². The third-order valence-electron chi connectivity index (χ3n) is 4.26. The van der Waals surface area contributed by atoms with Crippen LogP contribution in [-0.2, 0) is 0 Å². The van der Waals surface area contributed by atoms with Gasteiger partial charge >= 0.3 is 0 Å². The predicted octanol–water partition coefficient (Wildman–Crippen LogP) is 5.55. The van der Waals surface area contributed by atoms with Crippen LogP contribution < -0.4 is 5.32 Å². The first-order valence-electron chi connectivity index (χ1n) is 8.00. The summed E-state index contributed by atoms with van der Waals surface area (Å²) < 4.78 is 0. The molecule has 0 bridgehead atoms. The highest BCUT2D eigenvalue weighted by Crippen LogP contribution is 2.26. The molecule has 0 radical (unpaired) electrons. The van der Waals surface area contributed by atoms with Gasteiger partial charge < -0.3 is 5.32 Å². The minimum atomic E-state index is -0.0790. The van der Waals surface area contributed by atoms with Crippen LogP contribution in [0.1, 0.15) is 15.9 Å². The number of rotatable bonds is 2. The summed E-state index contributed by atoms with van der Waals surface area (Å²) in [5.41, 5.74) is 2.67. The van der Waals surface area contributed by atoms with Crippen LogP contribution in [0.5, 0.6) is 0 Å². The summed E-state index contributed by atoms with van der Waals surface area (Å²) in [6.45, 7) is 2.03. The lowest BCUT2D eigenvalue weighted by Crippen LogP contribution is -2.10. The number of amides is 1. The van der Waals surface area contributed by atoms with E-state index in [0.717, 1.165) is 16.5 Å². The van der Waals surface area contributed by atoms with Gasteiger partial charge in [0.25, 0.3) is 5.91 Å². The first-order valence-corrected chi connectivity index (χ1v) is 8.00. The van der Waals surface area contributed by atoms with Crippen LogP contribution in [0.3, 0.4) is 0 Å². The third-order valence-corrected chi connectivity index (χ3v) is 4.26. The quantitative estimate of drug-likeness (QED) is 0.516. The first kappa shape index (κ1) is 14.5. The second-order valence-electron chi connectivity index (χ2n) is 6.08. The molecular weight excluding hydrogens is 294 g/mol. The van der Waals surface area contributed by atoms with Gasteiger partial charge in [-0.2, -0.15) is 0 Å². The molecule has 0 saturated heterocycles. The van der Waals surface area contributed by atoms with Crippen molar-refractivity contribution in [2.24, 2.45) is 0 Å². The van der Waals surface area contributed by atoms with Gasteiger partial charge in [-0.3, -0.25) is 4.79 Å². The van der Waals surface area contributed by atoms with E-state index in [1.54, 1.807) is 0 Å². The van der Waals surface area contributed by atoms with Gasteiger partial charge in [0.1, 0.15) is 0 Å². The Morgan fingerprint density at radius 3 is 1.88 bits per heavy atom. The molecule has 2 heteroatoms. The molecule has 0 aromatic heterocycles. The molecule has 4 rings (SSSR count). The van der Waals surface area contributed by atoms with Crippen molar-refractivity contribution in [3.63, 3.8) is 0 Å². The van der Waals surface area contributed by atoms with Crippen molar-refractivity contribution in [2.75, 3.05) is 5.32 Å². The Balaban J connectivity index is 1.70. The Kier molecular flexibility index (Phi) is 3.51. The normalized spacial score (nSPS) is 10.9. The average Bonchev–Trinajstić information content (AvgIpc) is 2.85. The Labute approximate surface area is 140 Å². The summed E-state index contributed by atoms with van der Waals surface area (Å²) in [5.74, 6) is -0.0790. The molecule has 0 heterocycles. The highest BCUT2D eigenvalue weighted by atomic mass is 16.1. The molecule has 4 aromatic rings. The fraction of sp³-hybridized carbons (Fsp3) is 0.0455. The van der Waals surface area contributed by atoms with Crippen molar-refractivity contribution in [2.45, 2.75) is 6.92 Å². The van der Waals surface area contributed by atoms with E-state index in [1.807, 2.05) is 61.5 Å². The van der Waals surface area contributed by atoms with E-state index in [-0.39, 0.29) is 5.91 Å². The lowest BCUT2D eigenvalue weighted by Gasteiger charge is -2.03. The van der Waals surface area contributed by atoms with Gasteiger partial charge in [0.05, 0.1) is 0 Å².